The molecule has 2 aromatic heterocycles. The highest BCUT2D eigenvalue weighted by Crippen LogP contribution is 2.37. The Labute approximate surface area is 204 Å². The van der Waals surface area contributed by atoms with E-state index in [0.29, 0.717) is 24.5 Å². The molecule has 4 aromatic rings. The van der Waals surface area contributed by atoms with Gasteiger partial charge in [0.25, 0.3) is 5.91 Å². The number of pyridine rings is 2. The van der Waals surface area contributed by atoms with Gasteiger partial charge in [-0.05, 0) is 54.2 Å². The summed E-state index contributed by atoms with van der Waals surface area (Å²) in [4.78, 5) is 32.6. The Morgan fingerprint density at radius 1 is 0.857 bits per heavy atom. The van der Waals surface area contributed by atoms with E-state index < -0.39 is 0 Å². The van der Waals surface area contributed by atoms with Crippen LogP contribution in [0.2, 0.25) is 0 Å². The van der Waals surface area contributed by atoms with Gasteiger partial charge in [0, 0.05) is 24.0 Å². The van der Waals surface area contributed by atoms with E-state index in [1.807, 2.05) is 22.9 Å². The van der Waals surface area contributed by atoms with Crippen molar-refractivity contribution in [2.24, 2.45) is 0 Å². The third kappa shape index (κ3) is 3.62. The van der Waals surface area contributed by atoms with Gasteiger partial charge >= 0.3 is 0 Å². The van der Waals surface area contributed by atoms with Crippen LogP contribution < -0.4 is 10.4 Å². The number of hydrogen-bond donors (Lipinski definition) is 0. The van der Waals surface area contributed by atoms with Gasteiger partial charge in [0.05, 0.1) is 18.3 Å². The Bertz CT molecular complexity index is 1430. The highest BCUT2D eigenvalue weighted by molar-refractivity contribution is 5.95. The van der Waals surface area contributed by atoms with E-state index in [1.165, 1.54) is 22.3 Å². The van der Waals surface area contributed by atoms with E-state index >= 15 is 0 Å². The van der Waals surface area contributed by atoms with Gasteiger partial charge in [-0.2, -0.15) is 0 Å². The van der Waals surface area contributed by atoms with Gasteiger partial charge in [0.15, 0.2) is 5.43 Å². The molecule has 6 rings (SSSR count). The Hall–Kier alpha value is -4.19. The molecule has 0 bridgehead atoms. The van der Waals surface area contributed by atoms with E-state index in [-0.39, 0.29) is 17.4 Å². The minimum absolute atomic E-state index is 0.107. The topological polar surface area (TPSA) is 58.4 Å². The molecule has 0 radical (unpaired) electrons. The fourth-order valence-corrected chi connectivity index (χ4v) is 5.39. The summed E-state index contributed by atoms with van der Waals surface area (Å²) < 4.78 is 1.90. The quantitative estimate of drug-likeness (QED) is 0.462. The third-order valence-corrected chi connectivity index (χ3v) is 7.14. The van der Waals surface area contributed by atoms with E-state index in [4.69, 9.17) is 0 Å². The number of amides is 1. The van der Waals surface area contributed by atoms with Crippen LogP contribution in [0.25, 0.3) is 0 Å². The van der Waals surface area contributed by atoms with Crippen LogP contribution >= 0.6 is 0 Å². The molecule has 3 heterocycles. The average Bonchev–Trinajstić information content (AvgIpc) is 3.05. The van der Waals surface area contributed by atoms with Crippen molar-refractivity contribution in [3.63, 3.8) is 0 Å². The number of aryl methyl sites for hydroxylation is 2. The van der Waals surface area contributed by atoms with Crippen LogP contribution in [-0.2, 0) is 19.4 Å². The van der Waals surface area contributed by atoms with Crippen LogP contribution in [0.4, 0.5) is 0 Å². The molecule has 0 fully saturated rings. The Kier molecular flexibility index (Phi) is 5.21. The first-order valence-electron chi connectivity index (χ1n) is 12.0. The second kappa shape index (κ2) is 8.55. The van der Waals surface area contributed by atoms with E-state index in [2.05, 4.69) is 58.5 Å². The van der Waals surface area contributed by atoms with Gasteiger partial charge in [-0.15, -0.1) is 0 Å². The minimum Gasteiger partial charge on any atom is -0.312 e. The molecule has 6 nitrogen and oxygen atoms in total. The minimum atomic E-state index is -0.155. The molecule has 0 unspecified atom stereocenters. The van der Waals surface area contributed by atoms with Crippen molar-refractivity contribution >= 4 is 5.91 Å². The smallest absolute Gasteiger partial charge is 0.274 e. The first-order chi connectivity index (χ1) is 17.1. The normalized spacial score (nSPS) is 15.3. The predicted octanol–water partition coefficient (Wildman–Crippen LogP) is 3.99. The van der Waals surface area contributed by atoms with Crippen LogP contribution in [0.1, 0.15) is 50.0 Å². The summed E-state index contributed by atoms with van der Waals surface area (Å²) in [5.74, 6) is -0.155. The standard InChI is InChI=1S/C29H26N4O2/c1-20-26(34)15-17-32-27(20)29(35)31(18-23-10-6-7-16-30-23)19-33(32)28-24-11-4-2-8-21(24)13-14-22-9-3-5-12-25(22)28/h2-12,15-17,28H,13-14,18-19H2,1H3. The van der Waals surface area contributed by atoms with Crippen molar-refractivity contribution in [1.82, 2.24) is 14.6 Å². The molecule has 1 amide bonds. The summed E-state index contributed by atoms with van der Waals surface area (Å²) in [5, 5.41) is 2.22. The molecule has 1 aliphatic carbocycles. The molecule has 6 heteroatoms. The average molecular weight is 463 g/mol. The zero-order chi connectivity index (χ0) is 23.9. The van der Waals surface area contributed by atoms with Crippen molar-refractivity contribution < 1.29 is 4.79 Å². The first-order valence-corrected chi connectivity index (χ1v) is 12.0. The number of benzene rings is 2. The molecule has 0 N–H and O–H groups in total. The van der Waals surface area contributed by atoms with Crippen LogP contribution in [0.15, 0.2) is 90.0 Å². The molecular weight excluding hydrogens is 436 g/mol. The van der Waals surface area contributed by atoms with Gasteiger partial charge in [-0.25, -0.2) is 0 Å². The van der Waals surface area contributed by atoms with Gasteiger partial charge < -0.3 is 4.90 Å². The summed E-state index contributed by atoms with van der Waals surface area (Å²) in [6, 6.07) is 24.3. The largest absolute Gasteiger partial charge is 0.312 e. The van der Waals surface area contributed by atoms with Crippen LogP contribution in [0, 0.1) is 6.92 Å². The summed E-state index contributed by atoms with van der Waals surface area (Å²) in [6.07, 6.45) is 5.41. The third-order valence-electron chi connectivity index (χ3n) is 7.14. The number of carbonyl (C=O) groups excluding carboxylic acids is 1. The second-order valence-electron chi connectivity index (χ2n) is 9.20. The van der Waals surface area contributed by atoms with E-state index in [1.54, 1.807) is 30.3 Å². The number of aromatic nitrogens is 2. The second-order valence-corrected chi connectivity index (χ2v) is 9.20. The maximum absolute atomic E-state index is 13.7. The van der Waals surface area contributed by atoms with Crippen molar-refractivity contribution in [3.05, 3.63) is 135 Å². The summed E-state index contributed by atoms with van der Waals surface area (Å²) >= 11 is 0. The molecule has 0 spiro atoms. The number of fused-ring (bicyclic) bond motifs is 3. The lowest BCUT2D eigenvalue weighted by atomic mass is 9.94. The zero-order valence-electron chi connectivity index (χ0n) is 19.6. The lowest BCUT2D eigenvalue weighted by Crippen LogP contribution is -2.55. The van der Waals surface area contributed by atoms with Crippen molar-refractivity contribution in [1.29, 1.82) is 0 Å². The maximum Gasteiger partial charge on any atom is 0.274 e. The Morgan fingerprint density at radius 2 is 1.51 bits per heavy atom. The van der Waals surface area contributed by atoms with Gasteiger partial charge in [0.2, 0.25) is 0 Å². The van der Waals surface area contributed by atoms with Gasteiger partial charge in [-0.1, -0.05) is 54.6 Å². The van der Waals surface area contributed by atoms with Crippen molar-refractivity contribution in [2.45, 2.75) is 32.4 Å². The van der Waals surface area contributed by atoms with E-state index in [9.17, 15) is 9.59 Å². The molecule has 0 atom stereocenters. The van der Waals surface area contributed by atoms with Crippen LogP contribution in [0.3, 0.4) is 0 Å². The first kappa shape index (κ1) is 21.4. The molecule has 2 aliphatic rings. The Balaban J connectivity index is 1.56. The molecule has 2 aromatic carbocycles. The summed E-state index contributed by atoms with van der Waals surface area (Å²) in [6.45, 7) is 2.48. The summed E-state index contributed by atoms with van der Waals surface area (Å²) in [5.41, 5.74) is 6.63. The molecule has 0 saturated heterocycles. The zero-order valence-corrected chi connectivity index (χ0v) is 19.6. The SMILES string of the molecule is Cc1c2n(ccc1=O)N(C1c3ccccc3CCc3ccccc31)CN(Cc1ccccn1)C2=O. The van der Waals surface area contributed by atoms with Crippen LogP contribution in [-0.4, -0.2) is 27.1 Å². The summed E-state index contributed by atoms with van der Waals surface area (Å²) in [7, 11) is 0. The monoisotopic (exact) mass is 462 g/mol. The fourth-order valence-electron chi connectivity index (χ4n) is 5.39. The molecule has 35 heavy (non-hydrogen) atoms. The highest BCUT2D eigenvalue weighted by atomic mass is 16.2. The number of hydrogen-bond acceptors (Lipinski definition) is 4. The number of rotatable bonds is 3. The number of carbonyl (C=O) groups is 1. The predicted molar refractivity (Wildman–Crippen MR) is 135 cm³/mol. The van der Waals surface area contributed by atoms with Gasteiger partial charge in [0.1, 0.15) is 12.4 Å². The molecular formula is C29H26N4O2. The lowest BCUT2D eigenvalue weighted by molar-refractivity contribution is 0.0667. The Morgan fingerprint density at radius 3 is 2.17 bits per heavy atom. The van der Waals surface area contributed by atoms with Crippen LogP contribution in [0.5, 0.6) is 0 Å². The van der Waals surface area contributed by atoms with E-state index in [0.717, 1.165) is 18.5 Å². The molecule has 0 saturated carbocycles. The van der Waals surface area contributed by atoms with Gasteiger partial charge in [-0.3, -0.25) is 24.3 Å². The maximum atomic E-state index is 13.7. The van der Waals surface area contributed by atoms with Crippen molar-refractivity contribution in [3.8, 4) is 0 Å². The highest BCUT2D eigenvalue weighted by Gasteiger charge is 2.37. The fraction of sp³-hybridized carbons (Fsp3) is 0.207. The molecule has 174 valence electrons. The van der Waals surface area contributed by atoms with Crippen molar-refractivity contribution in [2.75, 3.05) is 11.7 Å². The number of nitrogens with zero attached hydrogens (tertiary/aromatic N) is 4. The molecule has 1 aliphatic heterocycles. The lowest BCUT2D eigenvalue weighted by Gasteiger charge is -2.44.